The summed E-state index contributed by atoms with van der Waals surface area (Å²) in [6, 6.07) is 4.61. The fraction of sp³-hybridized carbons (Fsp3) is 0.533. The number of methoxy groups -OCH3 is 1. The molecule has 0 saturated heterocycles. The third kappa shape index (κ3) is 4.99. The highest BCUT2D eigenvalue weighted by molar-refractivity contribution is 5.94. The van der Waals surface area contributed by atoms with Crippen LogP contribution < -0.4 is 5.32 Å². The van der Waals surface area contributed by atoms with Crippen molar-refractivity contribution in [3.8, 4) is 0 Å². The lowest BCUT2D eigenvalue weighted by Gasteiger charge is -2.24. The van der Waals surface area contributed by atoms with Crippen LogP contribution in [0.3, 0.4) is 0 Å². The van der Waals surface area contributed by atoms with E-state index in [1.54, 1.807) is 20.1 Å². The predicted octanol–water partition coefficient (Wildman–Crippen LogP) is 2.93. The van der Waals surface area contributed by atoms with Crippen LogP contribution in [-0.2, 0) is 4.74 Å². The van der Waals surface area contributed by atoms with Crippen molar-refractivity contribution in [3.63, 3.8) is 0 Å². The van der Waals surface area contributed by atoms with Crippen molar-refractivity contribution in [1.29, 1.82) is 0 Å². The molecular weight excluding hydrogens is 245 g/mol. The first-order valence-corrected chi connectivity index (χ1v) is 6.39. The van der Waals surface area contributed by atoms with Crippen LogP contribution in [0.4, 0.5) is 4.39 Å². The number of carbonyl (C=O) groups excluding carboxylic acids is 1. The van der Waals surface area contributed by atoms with E-state index in [9.17, 15) is 9.18 Å². The molecule has 0 bridgehead atoms. The molecule has 0 aliphatic heterocycles. The summed E-state index contributed by atoms with van der Waals surface area (Å²) in [7, 11) is 1.65. The summed E-state index contributed by atoms with van der Waals surface area (Å²) in [4.78, 5) is 11.9. The van der Waals surface area contributed by atoms with Gasteiger partial charge >= 0.3 is 0 Å². The van der Waals surface area contributed by atoms with Gasteiger partial charge in [0.1, 0.15) is 5.82 Å². The Balaban J connectivity index is 2.60. The standard InChI is InChI=1S/C15H22FNO2/c1-11-5-6-12(13(16)9-11)14(18)17-10-15(2,3)7-8-19-4/h5-6,9H,7-8,10H2,1-4H3,(H,17,18). The van der Waals surface area contributed by atoms with Gasteiger partial charge in [0.15, 0.2) is 0 Å². The summed E-state index contributed by atoms with van der Waals surface area (Å²) in [5.41, 5.74) is 0.815. The zero-order chi connectivity index (χ0) is 14.5. The Hall–Kier alpha value is -1.42. The monoisotopic (exact) mass is 267 g/mol. The van der Waals surface area contributed by atoms with Crippen molar-refractivity contribution in [1.82, 2.24) is 5.32 Å². The second-order valence-corrected chi connectivity index (χ2v) is 5.57. The van der Waals surface area contributed by atoms with E-state index in [0.717, 1.165) is 12.0 Å². The Bertz CT molecular complexity index is 444. The van der Waals surface area contributed by atoms with Crippen molar-refractivity contribution in [2.24, 2.45) is 5.41 Å². The largest absolute Gasteiger partial charge is 0.385 e. The summed E-state index contributed by atoms with van der Waals surface area (Å²) in [5, 5.41) is 2.77. The summed E-state index contributed by atoms with van der Waals surface area (Å²) in [5.74, 6) is -0.852. The van der Waals surface area contributed by atoms with Crippen LogP contribution in [-0.4, -0.2) is 26.2 Å². The lowest BCUT2D eigenvalue weighted by molar-refractivity contribution is 0.0917. The van der Waals surface area contributed by atoms with E-state index in [1.807, 2.05) is 13.8 Å². The molecule has 106 valence electrons. The Labute approximate surface area is 114 Å². The minimum absolute atomic E-state index is 0.0765. The Morgan fingerprint density at radius 2 is 2.11 bits per heavy atom. The Kier molecular flexibility index (Phi) is 5.48. The van der Waals surface area contributed by atoms with Crippen LogP contribution in [0.5, 0.6) is 0 Å². The predicted molar refractivity (Wildman–Crippen MR) is 73.7 cm³/mol. The van der Waals surface area contributed by atoms with Gasteiger partial charge in [0.2, 0.25) is 0 Å². The highest BCUT2D eigenvalue weighted by atomic mass is 19.1. The molecule has 0 aliphatic rings. The number of amides is 1. The number of rotatable bonds is 6. The van der Waals surface area contributed by atoms with Crippen LogP contribution in [0, 0.1) is 18.2 Å². The molecule has 1 aromatic rings. The van der Waals surface area contributed by atoms with Crippen molar-refractivity contribution in [3.05, 3.63) is 35.1 Å². The Morgan fingerprint density at radius 3 is 2.68 bits per heavy atom. The molecule has 0 radical (unpaired) electrons. The number of ether oxygens (including phenoxy) is 1. The van der Waals surface area contributed by atoms with Crippen LogP contribution >= 0.6 is 0 Å². The number of hydrogen-bond donors (Lipinski definition) is 1. The summed E-state index contributed by atoms with van der Waals surface area (Å²) in [6.07, 6.45) is 0.833. The van der Waals surface area contributed by atoms with Crippen LogP contribution in [0.2, 0.25) is 0 Å². The van der Waals surface area contributed by atoms with E-state index < -0.39 is 5.82 Å². The second kappa shape index (κ2) is 6.66. The minimum Gasteiger partial charge on any atom is -0.385 e. The van der Waals surface area contributed by atoms with Crippen molar-refractivity contribution in [2.75, 3.05) is 20.3 Å². The molecule has 0 heterocycles. The molecule has 0 aromatic heterocycles. The van der Waals surface area contributed by atoms with Gasteiger partial charge in [0, 0.05) is 20.3 Å². The van der Waals surface area contributed by atoms with Crippen LogP contribution in [0.25, 0.3) is 0 Å². The molecule has 4 heteroatoms. The van der Waals surface area contributed by atoms with Gasteiger partial charge in [-0.25, -0.2) is 4.39 Å². The van der Waals surface area contributed by atoms with Crippen molar-refractivity contribution >= 4 is 5.91 Å². The molecule has 0 fully saturated rings. The number of nitrogens with one attached hydrogen (secondary N) is 1. The molecule has 1 amide bonds. The van der Waals surface area contributed by atoms with Crippen molar-refractivity contribution in [2.45, 2.75) is 27.2 Å². The van der Waals surface area contributed by atoms with E-state index >= 15 is 0 Å². The first-order chi connectivity index (χ1) is 8.85. The normalized spacial score (nSPS) is 11.4. The molecule has 0 aliphatic carbocycles. The maximum atomic E-state index is 13.6. The number of halogens is 1. The van der Waals surface area contributed by atoms with Crippen molar-refractivity contribution < 1.29 is 13.9 Å². The maximum Gasteiger partial charge on any atom is 0.254 e. The van der Waals surface area contributed by atoms with Crippen LogP contribution in [0.1, 0.15) is 36.2 Å². The van der Waals surface area contributed by atoms with E-state index in [-0.39, 0.29) is 16.9 Å². The molecule has 3 nitrogen and oxygen atoms in total. The highest BCUT2D eigenvalue weighted by Crippen LogP contribution is 2.19. The van der Waals surface area contributed by atoms with E-state index in [2.05, 4.69) is 5.32 Å². The fourth-order valence-electron chi connectivity index (χ4n) is 1.69. The van der Waals surface area contributed by atoms with Gasteiger partial charge in [-0.3, -0.25) is 4.79 Å². The highest BCUT2D eigenvalue weighted by Gasteiger charge is 2.20. The molecule has 0 unspecified atom stereocenters. The van der Waals surface area contributed by atoms with E-state index in [4.69, 9.17) is 4.74 Å². The smallest absolute Gasteiger partial charge is 0.254 e. The molecule has 1 aromatic carbocycles. The molecule has 0 saturated carbocycles. The molecule has 0 spiro atoms. The van der Waals surface area contributed by atoms with Gasteiger partial charge in [0.05, 0.1) is 5.56 Å². The average molecular weight is 267 g/mol. The zero-order valence-corrected chi connectivity index (χ0v) is 12.0. The number of aryl methyl sites for hydroxylation is 1. The van der Waals surface area contributed by atoms with Crippen LogP contribution in [0.15, 0.2) is 18.2 Å². The average Bonchev–Trinajstić information content (AvgIpc) is 2.34. The number of carbonyl (C=O) groups is 1. The van der Waals surface area contributed by atoms with Gasteiger partial charge in [-0.2, -0.15) is 0 Å². The van der Waals surface area contributed by atoms with E-state index in [1.165, 1.54) is 12.1 Å². The quantitative estimate of drug-likeness (QED) is 0.860. The number of benzene rings is 1. The second-order valence-electron chi connectivity index (χ2n) is 5.57. The maximum absolute atomic E-state index is 13.6. The van der Waals surface area contributed by atoms with Gasteiger partial charge < -0.3 is 10.1 Å². The molecule has 0 atom stereocenters. The minimum atomic E-state index is -0.479. The number of hydrogen-bond acceptors (Lipinski definition) is 2. The fourth-order valence-corrected chi connectivity index (χ4v) is 1.69. The third-order valence-corrected chi connectivity index (χ3v) is 3.08. The summed E-state index contributed by atoms with van der Waals surface area (Å²) >= 11 is 0. The SMILES string of the molecule is COCCC(C)(C)CNC(=O)c1ccc(C)cc1F. The molecule has 1 N–H and O–H groups in total. The molecular formula is C15H22FNO2. The Morgan fingerprint density at radius 1 is 1.42 bits per heavy atom. The first kappa shape index (κ1) is 15.6. The lowest BCUT2D eigenvalue weighted by atomic mass is 9.89. The van der Waals surface area contributed by atoms with Gasteiger partial charge in [0.25, 0.3) is 5.91 Å². The first-order valence-electron chi connectivity index (χ1n) is 6.39. The summed E-state index contributed by atoms with van der Waals surface area (Å²) in [6.45, 7) is 7.00. The lowest BCUT2D eigenvalue weighted by Crippen LogP contribution is -2.35. The van der Waals surface area contributed by atoms with Gasteiger partial charge in [-0.15, -0.1) is 0 Å². The zero-order valence-electron chi connectivity index (χ0n) is 12.0. The molecule has 19 heavy (non-hydrogen) atoms. The summed E-state index contributed by atoms with van der Waals surface area (Å²) < 4.78 is 18.7. The molecule has 1 rings (SSSR count). The third-order valence-electron chi connectivity index (χ3n) is 3.08. The van der Waals surface area contributed by atoms with E-state index in [0.29, 0.717) is 13.2 Å². The van der Waals surface area contributed by atoms with Gasteiger partial charge in [-0.1, -0.05) is 19.9 Å². The topological polar surface area (TPSA) is 38.3 Å². The van der Waals surface area contributed by atoms with Gasteiger partial charge in [-0.05, 0) is 36.5 Å².